The first-order chi connectivity index (χ1) is 9.58. The average molecular weight is 268 g/mol. The van der Waals surface area contributed by atoms with E-state index in [-0.39, 0.29) is 11.7 Å². The highest BCUT2D eigenvalue weighted by atomic mass is 16.1. The van der Waals surface area contributed by atoms with E-state index in [2.05, 4.69) is 10.3 Å². The summed E-state index contributed by atoms with van der Waals surface area (Å²) >= 11 is 0. The van der Waals surface area contributed by atoms with Gasteiger partial charge in [0.2, 0.25) is 0 Å². The molecule has 0 saturated carbocycles. The van der Waals surface area contributed by atoms with Crippen molar-refractivity contribution in [3.05, 3.63) is 59.9 Å². The van der Waals surface area contributed by atoms with Crippen LogP contribution >= 0.6 is 0 Å². The van der Waals surface area contributed by atoms with Gasteiger partial charge in [-0.05, 0) is 30.3 Å². The summed E-state index contributed by atoms with van der Waals surface area (Å²) in [4.78, 5) is 17.9. The minimum Gasteiger partial charge on any atom is -0.378 e. The molecule has 1 aromatic heterocycles. The second-order valence-corrected chi connectivity index (χ2v) is 4.51. The molecule has 20 heavy (non-hydrogen) atoms. The largest absolute Gasteiger partial charge is 0.378 e. The molecule has 5 nitrogen and oxygen atoms in total. The number of aromatic nitrogens is 1. The van der Waals surface area contributed by atoms with Crippen molar-refractivity contribution < 1.29 is 4.79 Å². The van der Waals surface area contributed by atoms with Crippen LogP contribution in [0, 0.1) is 5.41 Å². The molecular weight excluding hydrogens is 252 g/mol. The van der Waals surface area contributed by atoms with Crippen LogP contribution in [-0.4, -0.2) is 30.8 Å². The lowest BCUT2D eigenvalue weighted by atomic mass is 10.1. The third-order valence-corrected chi connectivity index (χ3v) is 2.83. The smallest absolute Gasteiger partial charge is 0.256 e. The van der Waals surface area contributed by atoms with Gasteiger partial charge in [0, 0.05) is 43.3 Å². The number of carbonyl (C=O) groups excluding carboxylic acids is 1. The monoisotopic (exact) mass is 268 g/mol. The van der Waals surface area contributed by atoms with Crippen LogP contribution in [0.2, 0.25) is 0 Å². The highest BCUT2D eigenvalue weighted by molar-refractivity contribution is 6.11. The van der Waals surface area contributed by atoms with E-state index in [1.165, 1.54) is 0 Å². The Kier molecular flexibility index (Phi) is 4.10. The summed E-state index contributed by atoms with van der Waals surface area (Å²) in [5.74, 6) is -0.233. The molecule has 2 aromatic rings. The molecule has 1 amide bonds. The van der Waals surface area contributed by atoms with Gasteiger partial charge < -0.3 is 10.2 Å². The van der Waals surface area contributed by atoms with Crippen LogP contribution < -0.4 is 10.2 Å². The third-order valence-electron chi connectivity index (χ3n) is 2.83. The van der Waals surface area contributed by atoms with Crippen molar-refractivity contribution in [3.8, 4) is 0 Å². The molecule has 0 aliphatic carbocycles. The zero-order chi connectivity index (χ0) is 14.5. The van der Waals surface area contributed by atoms with Crippen molar-refractivity contribution in [3.63, 3.8) is 0 Å². The van der Waals surface area contributed by atoms with Crippen molar-refractivity contribution in [2.75, 3.05) is 19.0 Å². The van der Waals surface area contributed by atoms with Gasteiger partial charge in [0.05, 0.1) is 0 Å². The number of nitrogens with zero attached hydrogens (tertiary/aromatic N) is 2. The zero-order valence-electron chi connectivity index (χ0n) is 11.4. The number of nitrogens with one attached hydrogen (secondary N) is 2. The van der Waals surface area contributed by atoms with Gasteiger partial charge in [-0.3, -0.25) is 15.2 Å². The molecule has 0 atom stereocenters. The van der Waals surface area contributed by atoms with Crippen LogP contribution in [0.4, 0.5) is 5.69 Å². The molecule has 0 bridgehead atoms. The number of hydrogen-bond acceptors (Lipinski definition) is 4. The number of carbonyl (C=O) groups is 1. The highest BCUT2D eigenvalue weighted by Crippen LogP contribution is 2.13. The maximum absolute atomic E-state index is 12.1. The number of pyridine rings is 1. The summed E-state index contributed by atoms with van der Waals surface area (Å²) in [6, 6.07) is 10.6. The zero-order valence-corrected chi connectivity index (χ0v) is 11.4. The van der Waals surface area contributed by atoms with E-state index < -0.39 is 0 Å². The lowest BCUT2D eigenvalue weighted by Gasteiger charge is -2.13. The average Bonchev–Trinajstić information content (AvgIpc) is 2.48. The van der Waals surface area contributed by atoms with Crippen molar-refractivity contribution >= 4 is 17.4 Å². The standard InChI is InChI=1S/C15H16N4O/c1-19(2)13-5-3-4-12(10-13)15(20)18-14(16)11-6-8-17-9-7-11/h3-10H,1-2H3,(H2,16,18,20). The van der Waals surface area contributed by atoms with Crippen LogP contribution in [0.25, 0.3) is 0 Å². The van der Waals surface area contributed by atoms with E-state index in [1.54, 1.807) is 36.7 Å². The first kappa shape index (κ1) is 13.7. The summed E-state index contributed by atoms with van der Waals surface area (Å²) in [6.45, 7) is 0. The summed E-state index contributed by atoms with van der Waals surface area (Å²) in [7, 11) is 3.83. The van der Waals surface area contributed by atoms with Crippen LogP contribution in [0.1, 0.15) is 15.9 Å². The lowest BCUT2D eigenvalue weighted by Crippen LogP contribution is -2.30. The van der Waals surface area contributed by atoms with Gasteiger partial charge in [0.15, 0.2) is 0 Å². The molecule has 102 valence electrons. The topological polar surface area (TPSA) is 69.1 Å². The van der Waals surface area contributed by atoms with E-state index in [1.807, 2.05) is 31.1 Å². The van der Waals surface area contributed by atoms with E-state index in [4.69, 9.17) is 5.41 Å². The fraction of sp³-hybridized carbons (Fsp3) is 0.133. The fourth-order valence-electron chi connectivity index (χ4n) is 1.70. The van der Waals surface area contributed by atoms with Crippen LogP contribution in [0.5, 0.6) is 0 Å². The second kappa shape index (κ2) is 5.97. The Morgan fingerprint density at radius 2 is 1.85 bits per heavy atom. The Morgan fingerprint density at radius 3 is 2.50 bits per heavy atom. The first-order valence-corrected chi connectivity index (χ1v) is 6.15. The first-order valence-electron chi connectivity index (χ1n) is 6.15. The third kappa shape index (κ3) is 3.20. The Morgan fingerprint density at radius 1 is 1.15 bits per heavy atom. The number of rotatable bonds is 3. The van der Waals surface area contributed by atoms with Crippen molar-refractivity contribution in [2.45, 2.75) is 0 Å². The van der Waals surface area contributed by atoms with Crippen molar-refractivity contribution in [1.82, 2.24) is 10.3 Å². The molecule has 0 aliphatic heterocycles. The highest BCUT2D eigenvalue weighted by Gasteiger charge is 2.10. The SMILES string of the molecule is CN(C)c1cccc(C(=O)NC(=N)c2ccncc2)c1. The Labute approximate surface area is 117 Å². The summed E-state index contributed by atoms with van der Waals surface area (Å²) in [5, 5.41) is 10.5. The minimum atomic E-state index is -0.296. The molecule has 2 N–H and O–H groups in total. The normalized spacial score (nSPS) is 9.90. The summed E-state index contributed by atoms with van der Waals surface area (Å²) in [6.07, 6.45) is 3.17. The number of amidine groups is 1. The summed E-state index contributed by atoms with van der Waals surface area (Å²) in [5.41, 5.74) is 2.08. The Balaban J connectivity index is 2.13. The minimum absolute atomic E-state index is 0.0626. The van der Waals surface area contributed by atoms with E-state index >= 15 is 0 Å². The maximum atomic E-state index is 12.1. The molecule has 1 aromatic carbocycles. The number of amides is 1. The van der Waals surface area contributed by atoms with E-state index in [9.17, 15) is 4.79 Å². The van der Waals surface area contributed by atoms with Gasteiger partial charge in [0.1, 0.15) is 5.84 Å². The fourth-order valence-corrected chi connectivity index (χ4v) is 1.70. The van der Waals surface area contributed by atoms with Crippen LogP contribution in [0.15, 0.2) is 48.8 Å². The molecule has 0 unspecified atom stereocenters. The number of hydrogen-bond donors (Lipinski definition) is 2. The molecule has 0 fully saturated rings. The van der Waals surface area contributed by atoms with Gasteiger partial charge in [0.25, 0.3) is 5.91 Å². The van der Waals surface area contributed by atoms with Gasteiger partial charge in [-0.2, -0.15) is 0 Å². The lowest BCUT2D eigenvalue weighted by molar-refractivity contribution is 0.0977. The van der Waals surface area contributed by atoms with Gasteiger partial charge >= 0.3 is 0 Å². The van der Waals surface area contributed by atoms with Gasteiger partial charge in [-0.15, -0.1) is 0 Å². The van der Waals surface area contributed by atoms with Crippen molar-refractivity contribution in [2.24, 2.45) is 0 Å². The summed E-state index contributed by atoms with van der Waals surface area (Å²) < 4.78 is 0. The predicted octanol–water partition coefficient (Wildman–Crippen LogP) is 1.90. The molecule has 0 radical (unpaired) electrons. The van der Waals surface area contributed by atoms with Crippen LogP contribution in [-0.2, 0) is 0 Å². The molecular formula is C15H16N4O. The predicted molar refractivity (Wildman–Crippen MR) is 79.3 cm³/mol. The van der Waals surface area contributed by atoms with E-state index in [0.29, 0.717) is 11.1 Å². The molecule has 5 heteroatoms. The Hall–Kier alpha value is -2.69. The molecule has 1 heterocycles. The molecule has 2 rings (SSSR count). The van der Waals surface area contributed by atoms with Crippen molar-refractivity contribution in [1.29, 1.82) is 5.41 Å². The molecule has 0 spiro atoms. The second-order valence-electron chi connectivity index (χ2n) is 4.51. The van der Waals surface area contributed by atoms with Crippen LogP contribution in [0.3, 0.4) is 0 Å². The maximum Gasteiger partial charge on any atom is 0.256 e. The van der Waals surface area contributed by atoms with Gasteiger partial charge in [-0.1, -0.05) is 6.07 Å². The number of benzene rings is 1. The van der Waals surface area contributed by atoms with Gasteiger partial charge in [-0.25, -0.2) is 0 Å². The van der Waals surface area contributed by atoms with E-state index in [0.717, 1.165) is 5.69 Å². The Bertz CT molecular complexity index is 623. The molecule has 0 saturated heterocycles. The number of anilines is 1. The molecule has 0 aliphatic rings. The quantitative estimate of drug-likeness (QED) is 0.660.